The summed E-state index contributed by atoms with van der Waals surface area (Å²) in [4.78, 5) is 41.8. The number of carbonyl (C=O) groups is 2. The highest BCUT2D eigenvalue weighted by Gasteiger charge is 2.23. The molecule has 1 N–H and O–H groups in total. The fraction of sp³-hybridized carbons (Fsp3) is 0. The third-order valence-corrected chi connectivity index (χ3v) is 2.95. The lowest BCUT2D eigenvalue weighted by Gasteiger charge is -2.09. The summed E-state index contributed by atoms with van der Waals surface area (Å²) in [6.07, 6.45) is 0.705. The van der Waals surface area contributed by atoms with Crippen molar-refractivity contribution in [1.29, 1.82) is 0 Å². The zero-order chi connectivity index (χ0) is 17.9. The van der Waals surface area contributed by atoms with Crippen LogP contribution in [0.3, 0.4) is 0 Å². The van der Waals surface area contributed by atoms with Crippen molar-refractivity contribution in [3.05, 3.63) is 61.7 Å². The smallest absolute Gasteiger partial charge is 0.315 e. The van der Waals surface area contributed by atoms with E-state index in [2.05, 4.69) is 0 Å². The molecule has 0 aliphatic rings. The van der Waals surface area contributed by atoms with Gasteiger partial charge >= 0.3 is 11.4 Å². The number of hydrogen-bond acceptors (Lipinski definition) is 8. The molecular weight excluding hydrogens is 324 g/mol. The van der Waals surface area contributed by atoms with Gasteiger partial charge in [0.15, 0.2) is 5.75 Å². The molecule has 24 heavy (non-hydrogen) atoms. The molecule has 0 aliphatic heterocycles. The van der Waals surface area contributed by atoms with Gasteiger partial charge in [-0.1, -0.05) is 0 Å². The fourth-order valence-electron chi connectivity index (χ4n) is 1.85. The van der Waals surface area contributed by atoms with E-state index < -0.39 is 38.5 Å². The Kier molecular flexibility index (Phi) is 4.50. The minimum Gasteiger partial charge on any atom is -0.499 e. The number of hydrogen-bond donors (Lipinski definition) is 1. The van der Waals surface area contributed by atoms with Crippen LogP contribution in [0.15, 0.2) is 30.3 Å². The number of phenolic OH excluding ortho intramolecular Hbond substituents is 1. The van der Waals surface area contributed by atoms with Gasteiger partial charge in [-0.25, -0.2) is 0 Å². The van der Waals surface area contributed by atoms with Crippen LogP contribution in [-0.4, -0.2) is 27.5 Å². The average molecular weight is 332 g/mol. The normalized spacial score (nSPS) is 10.0. The Morgan fingerprint density at radius 2 is 1.46 bits per heavy atom. The molecule has 0 amide bonds. The predicted molar refractivity (Wildman–Crippen MR) is 78.7 cm³/mol. The Hall–Kier alpha value is -3.82. The van der Waals surface area contributed by atoms with Crippen molar-refractivity contribution in [2.75, 3.05) is 0 Å². The van der Waals surface area contributed by atoms with E-state index in [-0.39, 0.29) is 17.4 Å². The fourth-order valence-corrected chi connectivity index (χ4v) is 1.85. The Morgan fingerprint density at radius 1 is 0.875 bits per heavy atom. The van der Waals surface area contributed by atoms with Crippen LogP contribution in [0.5, 0.6) is 17.2 Å². The summed E-state index contributed by atoms with van der Waals surface area (Å²) in [5.41, 5.74) is -1.46. The highest BCUT2D eigenvalue weighted by molar-refractivity contribution is 5.80. The van der Waals surface area contributed by atoms with E-state index in [4.69, 9.17) is 4.74 Å². The molecule has 2 aromatic rings. The van der Waals surface area contributed by atoms with Crippen molar-refractivity contribution in [2.45, 2.75) is 0 Å². The topological polar surface area (TPSA) is 150 Å². The Bertz CT molecular complexity index is 862. The Morgan fingerprint density at radius 3 is 2.00 bits per heavy atom. The van der Waals surface area contributed by atoms with Crippen LogP contribution < -0.4 is 4.74 Å². The molecule has 0 aromatic heterocycles. The zero-order valence-corrected chi connectivity index (χ0v) is 11.7. The highest BCUT2D eigenvalue weighted by Crippen LogP contribution is 2.41. The van der Waals surface area contributed by atoms with Crippen molar-refractivity contribution >= 4 is 23.9 Å². The van der Waals surface area contributed by atoms with Gasteiger partial charge in [0.1, 0.15) is 12.6 Å². The van der Waals surface area contributed by atoms with Crippen LogP contribution in [0.1, 0.15) is 20.7 Å². The van der Waals surface area contributed by atoms with Gasteiger partial charge in [-0.15, -0.1) is 0 Å². The second kappa shape index (κ2) is 6.52. The quantitative estimate of drug-likeness (QED) is 0.481. The van der Waals surface area contributed by atoms with Gasteiger partial charge < -0.3 is 9.84 Å². The average Bonchev–Trinajstić information content (AvgIpc) is 2.55. The van der Waals surface area contributed by atoms with Gasteiger partial charge in [0, 0.05) is 23.3 Å². The molecule has 2 rings (SSSR count). The number of benzene rings is 2. The largest absolute Gasteiger partial charge is 0.499 e. The van der Waals surface area contributed by atoms with Crippen molar-refractivity contribution < 1.29 is 29.3 Å². The van der Waals surface area contributed by atoms with Crippen LogP contribution in [-0.2, 0) is 0 Å². The second-order valence-corrected chi connectivity index (χ2v) is 4.47. The zero-order valence-electron chi connectivity index (χ0n) is 11.7. The summed E-state index contributed by atoms with van der Waals surface area (Å²) in [5, 5.41) is 31.8. The number of aromatic hydroxyl groups is 1. The van der Waals surface area contributed by atoms with E-state index in [1.165, 1.54) is 6.07 Å². The molecule has 0 heterocycles. The maximum absolute atomic E-state index is 11.0. The Balaban J connectivity index is 2.61. The number of aldehydes is 2. The lowest BCUT2D eigenvalue weighted by molar-refractivity contribution is -0.386. The van der Waals surface area contributed by atoms with E-state index in [9.17, 15) is 34.9 Å². The van der Waals surface area contributed by atoms with Crippen LogP contribution in [0, 0.1) is 20.2 Å². The van der Waals surface area contributed by atoms with E-state index in [0.29, 0.717) is 6.29 Å². The summed E-state index contributed by atoms with van der Waals surface area (Å²) in [7, 11) is 0. The van der Waals surface area contributed by atoms with Crippen LogP contribution in [0.25, 0.3) is 0 Å². The molecule has 0 aliphatic carbocycles. The minimum atomic E-state index is -0.939. The maximum atomic E-state index is 11.0. The van der Waals surface area contributed by atoms with E-state index in [1.54, 1.807) is 0 Å². The lowest BCUT2D eigenvalue weighted by Crippen LogP contribution is -1.97. The highest BCUT2D eigenvalue weighted by atomic mass is 16.6. The molecule has 0 unspecified atom stereocenters. The van der Waals surface area contributed by atoms with E-state index in [1.807, 2.05) is 0 Å². The molecule has 10 nitrogen and oxygen atoms in total. The number of carbonyl (C=O) groups excluding carboxylic acids is 2. The number of nitrogens with zero attached hydrogens (tertiary/aromatic N) is 2. The number of rotatable bonds is 6. The predicted octanol–water partition coefficient (Wildman–Crippen LogP) is 2.63. The number of nitro groups is 2. The maximum Gasteiger partial charge on any atom is 0.315 e. The summed E-state index contributed by atoms with van der Waals surface area (Å²) in [6.45, 7) is 0. The number of nitro benzene ring substituents is 2. The van der Waals surface area contributed by atoms with Crippen molar-refractivity contribution in [3.63, 3.8) is 0 Å². The second-order valence-electron chi connectivity index (χ2n) is 4.47. The van der Waals surface area contributed by atoms with Gasteiger partial charge in [0.25, 0.3) is 0 Å². The standard InChI is InChI=1S/C14H8N2O8/c17-6-8-1-2-10(15(20)21)12(4-8)24-13-5-9(7-18)3-11(14(13)19)16(22)23/h1-7,19H. The van der Waals surface area contributed by atoms with Crippen molar-refractivity contribution in [1.82, 2.24) is 0 Å². The molecule has 0 spiro atoms. The summed E-state index contributed by atoms with van der Waals surface area (Å²) in [5.74, 6) is -1.86. The van der Waals surface area contributed by atoms with Crippen molar-refractivity contribution in [3.8, 4) is 17.2 Å². The summed E-state index contributed by atoms with van der Waals surface area (Å²) in [6, 6.07) is 5.03. The lowest BCUT2D eigenvalue weighted by atomic mass is 10.1. The molecule has 0 bridgehead atoms. The van der Waals surface area contributed by atoms with Crippen molar-refractivity contribution in [2.24, 2.45) is 0 Å². The first-order valence-electron chi connectivity index (χ1n) is 6.25. The molecule has 2 aromatic carbocycles. The molecule has 0 fully saturated rings. The molecule has 0 radical (unpaired) electrons. The molecule has 10 heteroatoms. The Labute approximate surface area is 133 Å². The van der Waals surface area contributed by atoms with Crippen LogP contribution in [0.2, 0.25) is 0 Å². The van der Waals surface area contributed by atoms with Gasteiger partial charge in [0.05, 0.1) is 9.85 Å². The summed E-state index contributed by atoms with van der Waals surface area (Å²) < 4.78 is 5.16. The SMILES string of the molecule is O=Cc1ccc([N+](=O)[O-])c(Oc2cc(C=O)cc([N+](=O)[O-])c2O)c1. The van der Waals surface area contributed by atoms with Gasteiger partial charge in [-0.3, -0.25) is 29.8 Å². The first kappa shape index (κ1) is 16.5. The van der Waals surface area contributed by atoms with Gasteiger partial charge in [0.2, 0.25) is 11.5 Å². The molecule has 0 saturated heterocycles. The molecular formula is C14H8N2O8. The van der Waals surface area contributed by atoms with E-state index in [0.717, 1.165) is 24.3 Å². The van der Waals surface area contributed by atoms with Gasteiger partial charge in [-0.2, -0.15) is 0 Å². The minimum absolute atomic E-state index is 0.0520. The first-order chi connectivity index (χ1) is 11.4. The number of ether oxygens (including phenoxy) is 1. The molecule has 122 valence electrons. The van der Waals surface area contributed by atoms with E-state index >= 15 is 0 Å². The first-order valence-corrected chi connectivity index (χ1v) is 6.25. The monoisotopic (exact) mass is 332 g/mol. The van der Waals surface area contributed by atoms with Gasteiger partial charge in [-0.05, 0) is 18.2 Å². The third-order valence-electron chi connectivity index (χ3n) is 2.95. The number of phenols is 1. The summed E-state index contributed by atoms with van der Waals surface area (Å²) >= 11 is 0. The third kappa shape index (κ3) is 3.16. The molecule has 0 atom stereocenters. The van der Waals surface area contributed by atoms with Crippen LogP contribution >= 0.6 is 0 Å². The molecule has 0 saturated carbocycles. The van der Waals surface area contributed by atoms with Crippen LogP contribution in [0.4, 0.5) is 11.4 Å².